The zero-order chi connectivity index (χ0) is 21.5. The van der Waals surface area contributed by atoms with Gasteiger partial charge in [-0.2, -0.15) is 0 Å². The maximum absolute atomic E-state index is 13.0. The fourth-order valence-corrected chi connectivity index (χ4v) is 4.93. The molecule has 0 unspecified atom stereocenters. The van der Waals surface area contributed by atoms with E-state index in [4.69, 9.17) is 23.8 Å². The highest BCUT2D eigenvalue weighted by Gasteiger charge is 2.18. The third-order valence-electron chi connectivity index (χ3n) is 4.94. The molecule has 152 valence electrons. The Morgan fingerprint density at radius 2 is 1.71 bits per heavy atom. The van der Waals surface area contributed by atoms with Gasteiger partial charge in [0.05, 0.1) is 10.9 Å². The van der Waals surface area contributed by atoms with Crippen LogP contribution in [0.1, 0.15) is 9.67 Å². The Kier molecular flexibility index (Phi) is 4.94. The first-order valence-electron chi connectivity index (χ1n) is 9.35. The number of hydrogen-bond acceptors (Lipinski definition) is 4. The molecule has 5 aromatic rings. The van der Waals surface area contributed by atoms with Crippen LogP contribution >= 0.6 is 35.2 Å². The molecule has 2 aromatic heterocycles. The SMILES string of the molecule is O=C(Nc1ccc(-c2ccccc2)cc1)c1sc(=S)n2c1[nH]c(=O)c1cc(Cl)ccc12. The average Bonchev–Trinajstić information content (AvgIpc) is 3.11. The molecule has 1 amide bonds. The lowest BCUT2D eigenvalue weighted by Crippen LogP contribution is -2.15. The van der Waals surface area contributed by atoms with E-state index in [0.717, 1.165) is 22.5 Å². The molecule has 0 aliphatic rings. The van der Waals surface area contributed by atoms with E-state index in [1.807, 2.05) is 54.6 Å². The number of aromatic nitrogens is 2. The normalized spacial score (nSPS) is 11.1. The number of nitrogens with zero attached hydrogens (tertiary/aromatic N) is 1. The van der Waals surface area contributed by atoms with Crippen LogP contribution in [0.2, 0.25) is 5.02 Å². The lowest BCUT2D eigenvalue weighted by atomic mass is 10.1. The fourth-order valence-electron chi connectivity index (χ4n) is 3.48. The number of benzene rings is 3. The maximum atomic E-state index is 13.0. The number of fused-ring (bicyclic) bond motifs is 3. The quantitative estimate of drug-likeness (QED) is 0.315. The van der Waals surface area contributed by atoms with E-state index in [2.05, 4.69) is 10.3 Å². The summed E-state index contributed by atoms with van der Waals surface area (Å²) < 4.78 is 2.16. The van der Waals surface area contributed by atoms with Crippen LogP contribution in [-0.4, -0.2) is 15.3 Å². The second-order valence-corrected chi connectivity index (χ2v) is 8.97. The highest BCUT2D eigenvalue weighted by molar-refractivity contribution is 7.73. The van der Waals surface area contributed by atoms with Gasteiger partial charge < -0.3 is 10.3 Å². The molecule has 5 nitrogen and oxygen atoms in total. The molecule has 0 spiro atoms. The number of amides is 1. The Balaban J connectivity index is 1.52. The maximum Gasteiger partial charge on any atom is 0.269 e. The average molecular weight is 464 g/mol. The summed E-state index contributed by atoms with van der Waals surface area (Å²) in [6, 6.07) is 22.6. The van der Waals surface area contributed by atoms with Gasteiger partial charge in [-0.05, 0) is 53.7 Å². The highest BCUT2D eigenvalue weighted by atomic mass is 35.5. The van der Waals surface area contributed by atoms with E-state index >= 15 is 0 Å². The largest absolute Gasteiger partial charge is 0.321 e. The minimum absolute atomic E-state index is 0.327. The van der Waals surface area contributed by atoms with Crippen LogP contribution in [0.25, 0.3) is 27.7 Å². The lowest BCUT2D eigenvalue weighted by molar-refractivity contribution is 0.103. The zero-order valence-corrected chi connectivity index (χ0v) is 18.3. The van der Waals surface area contributed by atoms with E-state index < -0.39 is 0 Å². The molecule has 3 aromatic carbocycles. The number of aromatic amines is 1. The lowest BCUT2D eigenvalue weighted by Gasteiger charge is -2.07. The number of hydrogen-bond donors (Lipinski definition) is 2. The molecule has 5 rings (SSSR count). The minimum atomic E-state index is -0.338. The number of H-pyrrole nitrogens is 1. The van der Waals surface area contributed by atoms with E-state index in [-0.39, 0.29) is 11.5 Å². The van der Waals surface area contributed by atoms with Crippen molar-refractivity contribution in [3.63, 3.8) is 0 Å². The van der Waals surface area contributed by atoms with Crippen LogP contribution in [0.3, 0.4) is 0 Å². The van der Waals surface area contributed by atoms with Crippen molar-refractivity contribution in [2.45, 2.75) is 0 Å². The van der Waals surface area contributed by atoms with Crippen LogP contribution in [-0.2, 0) is 0 Å². The molecule has 0 aliphatic heterocycles. The molecule has 0 saturated heterocycles. The van der Waals surface area contributed by atoms with Crippen LogP contribution in [0.4, 0.5) is 5.69 Å². The van der Waals surface area contributed by atoms with Gasteiger partial charge >= 0.3 is 0 Å². The van der Waals surface area contributed by atoms with Crippen molar-refractivity contribution in [2.75, 3.05) is 5.32 Å². The number of rotatable bonds is 3. The summed E-state index contributed by atoms with van der Waals surface area (Å²) in [5, 5.41) is 3.76. The zero-order valence-electron chi connectivity index (χ0n) is 15.9. The first kappa shape index (κ1) is 19.7. The predicted octanol–water partition coefficient (Wildman–Crippen LogP) is 6.14. The molecule has 2 N–H and O–H groups in total. The molecule has 0 radical (unpaired) electrons. The van der Waals surface area contributed by atoms with Gasteiger partial charge in [0, 0.05) is 10.7 Å². The molecule has 31 heavy (non-hydrogen) atoms. The Morgan fingerprint density at radius 3 is 2.45 bits per heavy atom. The second-order valence-electron chi connectivity index (χ2n) is 6.89. The molecule has 0 fully saturated rings. The van der Waals surface area contributed by atoms with Crippen LogP contribution in [0, 0.1) is 3.95 Å². The molecule has 2 heterocycles. The summed E-state index contributed by atoms with van der Waals surface area (Å²) in [5.41, 5.74) is 3.45. The van der Waals surface area contributed by atoms with E-state index in [1.165, 1.54) is 0 Å². The van der Waals surface area contributed by atoms with E-state index in [9.17, 15) is 9.59 Å². The van der Waals surface area contributed by atoms with Crippen molar-refractivity contribution < 1.29 is 4.79 Å². The van der Waals surface area contributed by atoms with Crippen LogP contribution in [0.15, 0.2) is 77.6 Å². The first-order valence-corrected chi connectivity index (χ1v) is 11.0. The van der Waals surface area contributed by atoms with Gasteiger partial charge in [-0.25, -0.2) is 0 Å². The van der Waals surface area contributed by atoms with Crippen molar-refractivity contribution in [2.24, 2.45) is 0 Å². The first-order chi connectivity index (χ1) is 15.0. The number of nitrogens with one attached hydrogen (secondary N) is 2. The molecular weight excluding hydrogens is 450 g/mol. The van der Waals surface area contributed by atoms with Crippen molar-refractivity contribution in [3.05, 3.63) is 97.0 Å². The summed E-state index contributed by atoms with van der Waals surface area (Å²) in [4.78, 5) is 28.7. The smallest absolute Gasteiger partial charge is 0.269 e. The number of anilines is 1. The standard InChI is InChI=1S/C23H14ClN3O2S2/c24-15-8-11-18-17(12-15)21(28)26-20-19(31-23(30)27(18)20)22(29)25-16-9-6-14(7-10-16)13-4-2-1-3-5-13/h1-12H,(H,25,29)(H,26,28). The van der Waals surface area contributed by atoms with Gasteiger partial charge in [0.1, 0.15) is 10.5 Å². The Hall–Kier alpha value is -3.26. The summed E-state index contributed by atoms with van der Waals surface area (Å²) >= 11 is 12.7. The summed E-state index contributed by atoms with van der Waals surface area (Å²) in [5.74, 6) is -0.338. The van der Waals surface area contributed by atoms with Gasteiger partial charge in [-0.1, -0.05) is 65.4 Å². The Labute approximate surface area is 190 Å². The summed E-state index contributed by atoms with van der Waals surface area (Å²) in [7, 11) is 0. The van der Waals surface area contributed by atoms with Crippen molar-refractivity contribution in [1.29, 1.82) is 0 Å². The van der Waals surface area contributed by atoms with Gasteiger partial charge in [-0.15, -0.1) is 0 Å². The topological polar surface area (TPSA) is 66.4 Å². The van der Waals surface area contributed by atoms with E-state index in [1.54, 1.807) is 22.6 Å². The van der Waals surface area contributed by atoms with Crippen molar-refractivity contribution in [3.8, 4) is 11.1 Å². The van der Waals surface area contributed by atoms with E-state index in [0.29, 0.717) is 36.1 Å². The predicted molar refractivity (Wildman–Crippen MR) is 129 cm³/mol. The summed E-state index contributed by atoms with van der Waals surface area (Å²) in [6.07, 6.45) is 0. The number of thiazole rings is 1. The molecule has 0 atom stereocenters. The van der Waals surface area contributed by atoms with Crippen LogP contribution < -0.4 is 10.9 Å². The number of carbonyl (C=O) groups is 1. The summed E-state index contributed by atoms with van der Waals surface area (Å²) in [6.45, 7) is 0. The fraction of sp³-hybridized carbons (Fsp3) is 0. The molecule has 0 aliphatic carbocycles. The molecule has 0 bridgehead atoms. The Morgan fingerprint density at radius 1 is 1.00 bits per heavy atom. The van der Waals surface area contributed by atoms with Crippen molar-refractivity contribution >= 4 is 63.3 Å². The molecule has 0 saturated carbocycles. The van der Waals surface area contributed by atoms with Gasteiger partial charge in [-0.3, -0.25) is 14.0 Å². The number of halogens is 1. The minimum Gasteiger partial charge on any atom is -0.321 e. The monoisotopic (exact) mass is 463 g/mol. The van der Waals surface area contributed by atoms with Gasteiger partial charge in [0.2, 0.25) is 0 Å². The van der Waals surface area contributed by atoms with Gasteiger partial charge in [0.25, 0.3) is 11.5 Å². The third kappa shape index (κ3) is 3.57. The second kappa shape index (κ2) is 7.77. The van der Waals surface area contributed by atoms with Gasteiger partial charge in [0.15, 0.2) is 3.95 Å². The molecule has 8 heteroatoms. The van der Waals surface area contributed by atoms with Crippen molar-refractivity contribution in [1.82, 2.24) is 9.38 Å². The third-order valence-corrected chi connectivity index (χ3v) is 6.55. The Bertz CT molecular complexity index is 1570. The van der Waals surface area contributed by atoms with Crippen LogP contribution in [0.5, 0.6) is 0 Å². The number of carbonyl (C=O) groups excluding carboxylic acids is 1. The molecular formula is C23H14ClN3O2S2. The highest BCUT2D eigenvalue weighted by Crippen LogP contribution is 2.26.